The van der Waals surface area contributed by atoms with E-state index in [9.17, 15) is 4.79 Å². The van der Waals surface area contributed by atoms with Crippen LogP contribution in [0.5, 0.6) is 0 Å². The van der Waals surface area contributed by atoms with Crippen molar-refractivity contribution in [2.45, 2.75) is 58.2 Å². The fourth-order valence-electron chi connectivity index (χ4n) is 2.92. The standard InChI is InChI=1S/C15H21N3O2/c1-9(2)14-16-7-11-4-5-18(8-12(11)17-14)13-6-10(3)20-15(13)19/h7,9-10,13H,4-6,8H2,1-3H3/t10-,13-/m1/s1. The van der Waals surface area contributed by atoms with Crippen LogP contribution in [-0.2, 0) is 22.5 Å². The fraction of sp³-hybridized carbons (Fsp3) is 0.667. The van der Waals surface area contributed by atoms with E-state index in [1.54, 1.807) is 0 Å². The zero-order valence-corrected chi connectivity index (χ0v) is 12.3. The number of hydrogen-bond acceptors (Lipinski definition) is 5. The minimum Gasteiger partial charge on any atom is -0.461 e. The maximum absolute atomic E-state index is 11.9. The van der Waals surface area contributed by atoms with E-state index in [2.05, 4.69) is 28.7 Å². The van der Waals surface area contributed by atoms with Crippen molar-refractivity contribution in [3.63, 3.8) is 0 Å². The molecule has 2 aliphatic rings. The van der Waals surface area contributed by atoms with Crippen molar-refractivity contribution in [3.8, 4) is 0 Å². The Balaban J connectivity index is 1.80. The summed E-state index contributed by atoms with van der Waals surface area (Å²) in [4.78, 5) is 23.2. The monoisotopic (exact) mass is 275 g/mol. The molecule has 1 aromatic heterocycles. The van der Waals surface area contributed by atoms with E-state index in [4.69, 9.17) is 4.74 Å². The van der Waals surface area contributed by atoms with E-state index >= 15 is 0 Å². The van der Waals surface area contributed by atoms with Crippen molar-refractivity contribution in [3.05, 3.63) is 23.3 Å². The topological polar surface area (TPSA) is 55.3 Å². The number of rotatable bonds is 2. The summed E-state index contributed by atoms with van der Waals surface area (Å²) in [6, 6.07) is -0.101. The molecule has 0 N–H and O–H groups in total. The average molecular weight is 275 g/mol. The van der Waals surface area contributed by atoms with Crippen LogP contribution in [0.3, 0.4) is 0 Å². The zero-order chi connectivity index (χ0) is 14.3. The van der Waals surface area contributed by atoms with Gasteiger partial charge in [0.25, 0.3) is 0 Å². The van der Waals surface area contributed by atoms with Gasteiger partial charge in [-0.05, 0) is 18.9 Å². The SMILES string of the molecule is CC(C)c1ncc2c(n1)CN([C@@H]1C[C@@H](C)OC1=O)CC2. The molecule has 3 heterocycles. The first-order valence-corrected chi connectivity index (χ1v) is 7.34. The van der Waals surface area contributed by atoms with Crippen LogP contribution in [-0.4, -0.2) is 39.5 Å². The fourth-order valence-corrected chi connectivity index (χ4v) is 2.92. The van der Waals surface area contributed by atoms with Gasteiger partial charge in [-0.2, -0.15) is 0 Å². The molecule has 1 aromatic rings. The van der Waals surface area contributed by atoms with Gasteiger partial charge in [-0.3, -0.25) is 9.69 Å². The molecule has 0 aromatic carbocycles. The molecule has 1 saturated heterocycles. The largest absolute Gasteiger partial charge is 0.461 e. The summed E-state index contributed by atoms with van der Waals surface area (Å²) < 4.78 is 5.26. The molecule has 5 heteroatoms. The van der Waals surface area contributed by atoms with Crippen LogP contribution in [0.25, 0.3) is 0 Å². The molecule has 2 aliphatic heterocycles. The Morgan fingerprint density at radius 2 is 2.25 bits per heavy atom. The van der Waals surface area contributed by atoms with E-state index in [-0.39, 0.29) is 18.1 Å². The number of aromatic nitrogens is 2. The van der Waals surface area contributed by atoms with Crippen LogP contribution in [0.4, 0.5) is 0 Å². The van der Waals surface area contributed by atoms with E-state index in [1.807, 2.05) is 13.1 Å². The first-order valence-electron chi connectivity index (χ1n) is 7.34. The van der Waals surface area contributed by atoms with E-state index in [0.717, 1.165) is 37.4 Å². The number of carbonyl (C=O) groups excluding carboxylic acids is 1. The number of fused-ring (bicyclic) bond motifs is 1. The minimum atomic E-state index is -0.101. The lowest BCUT2D eigenvalue weighted by atomic mass is 10.0. The van der Waals surface area contributed by atoms with Crippen molar-refractivity contribution in [1.82, 2.24) is 14.9 Å². The summed E-state index contributed by atoms with van der Waals surface area (Å²) in [5.74, 6) is 1.12. The minimum absolute atomic E-state index is 0.0329. The highest BCUT2D eigenvalue weighted by Gasteiger charge is 2.37. The van der Waals surface area contributed by atoms with Crippen LogP contribution in [0.1, 0.15) is 50.2 Å². The van der Waals surface area contributed by atoms with Crippen molar-refractivity contribution in [2.75, 3.05) is 6.54 Å². The second-order valence-electron chi connectivity index (χ2n) is 6.07. The third-order valence-electron chi connectivity index (χ3n) is 4.10. The van der Waals surface area contributed by atoms with E-state index in [1.165, 1.54) is 5.56 Å². The molecule has 0 amide bonds. The molecule has 0 radical (unpaired) electrons. The molecular weight excluding hydrogens is 254 g/mol. The van der Waals surface area contributed by atoms with E-state index < -0.39 is 0 Å². The quantitative estimate of drug-likeness (QED) is 0.768. The Bertz CT molecular complexity index is 530. The van der Waals surface area contributed by atoms with Gasteiger partial charge in [0.2, 0.25) is 0 Å². The number of esters is 1. The Morgan fingerprint density at radius 1 is 1.45 bits per heavy atom. The van der Waals surface area contributed by atoms with Crippen molar-refractivity contribution in [1.29, 1.82) is 0 Å². The molecule has 1 fully saturated rings. The summed E-state index contributed by atoms with van der Waals surface area (Å²) in [6.45, 7) is 7.75. The maximum atomic E-state index is 11.9. The smallest absolute Gasteiger partial charge is 0.323 e. The van der Waals surface area contributed by atoms with Gasteiger partial charge in [-0.1, -0.05) is 13.8 Å². The van der Waals surface area contributed by atoms with Crippen molar-refractivity contribution >= 4 is 5.97 Å². The average Bonchev–Trinajstić information content (AvgIpc) is 2.76. The highest BCUT2D eigenvalue weighted by Crippen LogP contribution is 2.26. The molecule has 2 atom stereocenters. The summed E-state index contributed by atoms with van der Waals surface area (Å²) >= 11 is 0. The number of carbonyl (C=O) groups is 1. The van der Waals surface area contributed by atoms with Gasteiger partial charge >= 0.3 is 5.97 Å². The highest BCUT2D eigenvalue weighted by molar-refractivity contribution is 5.78. The molecular formula is C15H21N3O2. The Morgan fingerprint density at radius 3 is 2.90 bits per heavy atom. The second-order valence-corrected chi connectivity index (χ2v) is 6.07. The molecule has 0 bridgehead atoms. The molecule has 0 spiro atoms. The maximum Gasteiger partial charge on any atom is 0.323 e. The predicted octanol–water partition coefficient (Wildman–Crippen LogP) is 1.66. The van der Waals surface area contributed by atoms with Crippen molar-refractivity contribution in [2.24, 2.45) is 0 Å². The molecule has 0 aliphatic carbocycles. The lowest BCUT2D eigenvalue weighted by molar-refractivity contribution is -0.145. The van der Waals surface area contributed by atoms with Gasteiger partial charge < -0.3 is 4.74 Å². The van der Waals surface area contributed by atoms with Gasteiger partial charge in [0.05, 0.1) is 5.69 Å². The normalized spacial score (nSPS) is 26.7. The molecule has 20 heavy (non-hydrogen) atoms. The van der Waals surface area contributed by atoms with Crippen LogP contribution < -0.4 is 0 Å². The molecule has 0 saturated carbocycles. The summed E-state index contributed by atoms with van der Waals surface area (Å²) in [5.41, 5.74) is 2.28. The Labute approximate surface area is 119 Å². The highest BCUT2D eigenvalue weighted by atomic mass is 16.6. The lowest BCUT2D eigenvalue weighted by Crippen LogP contribution is -2.42. The number of nitrogens with zero attached hydrogens (tertiary/aromatic N) is 3. The second kappa shape index (κ2) is 5.13. The van der Waals surface area contributed by atoms with Gasteiger partial charge in [0, 0.05) is 31.6 Å². The van der Waals surface area contributed by atoms with E-state index in [0.29, 0.717) is 5.92 Å². The molecule has 0 unspecified atom stereocenters. The van der Waals surface area contributed by atoms with Gasteiger partial charge in [0.1, 0.15) is 18.0 Å². The molecule has 3 rings (SSSR count). The van der Waals surface area contributed by atoms with Crippen molar-refractivity contribution < 1.29 is 9.53 Å². The first-order chi connectivity index (χ1) is 9.54. The third kappa shape index (κ3) is 2.42. The summed E-state index contributed by atoms with van der Waals surface area (Å²) in [7, 11) is 0. The van der Waals surface area contributed by atoms with Crippen LogP contribution in [0.2, 0.25) is 0 Å². The number of cyclic esters (lactones) is 1. The predicted molar refractivity (Wildman–Crippen MR) is 74.2 cm³/mol. The Hall–Kier alpha value is -1.49. The van der Waals surface area contributed by atoms with Crippen LogP contribution >= 0.6 is 0 Å². The number of ether oxygens (including phenoxy) is 1. The molecule has 108 valence electrons. The van der Waals surface area contributed by atoms with Gasteiger partial charge in [-0.15, -0.1) is 0 Å². The van der Waals surface area contributed by atoms with Gasteiger partial charge in [0.15, 0.2) is 0 Å². The molecule has 5 nitrogen and oxygen atoms in total. The lowest BCUT2D eigenvalue weighted by Gasteiger charge is -2.30. The summed E-state index contributed by atoms with van der Waals surface area (Å²) in [6.07, 6.45) is 3.68. The van der Waals surface area contributed by atoms with Crippen LogP contribution in [0, 0.1) is 0 Å². The Kier molecular flexibility index (Phi) is 3.46. The van der Waals surface area contributed by atoms with Gasteiger partial charge in [-0.25, -0.2) is 9.97 Å². The number of hydrogen-bond donors (Lipinski definition) is 0. The zero-order valence-electron chi connectivity index (χ0n) is 12.3. The summed E-state index contributed by atoms with van der Waals surface area (Å²) in [5, 5.41) is 0. The third-order valence-corrected chi connectivity index (χ3v) is 4.10. The van der Waals surface area contributed by atoms with Crippen LogP contribution in [0.15, 0.2) is 6.20 Å². The first kappa shape index (κ1) is 13.5.